The third-order valence-corrected chi connectivity index (χ3v) is 4.57. The topological polar surface area (TPSA) is 75.6 Å². The maximum absolute atomic E-state index is 12.3. The largest absolute Gasteiger partial charge is 0.478 e. The molecule has 1 aliphatic heterocycles. The molecule has 5 heteroatoms. The van der Waals surface area contributed by atoms with Crippen LogP contribution in [0.2, 0.25) is 0 Å². The number of nitrogens with one attached hydrogen (secondary N) is 1. The van der Waals surface area contributed by atoms with Crippen molar-refractivity contribution in [1.29, 1.82) is 0 Å². The molecular formula is C17H19NO4. The highest BCUT2D eigenvalue weighted by molar-refractivity contribution is 5.93. The number of fused-ring (bicyclic) bond motifs is 3. The van der Waals surface area contributed by atoms with Crippen molar-refractivity contribution in [3.05, 3.63) is 41.0 Å². The fourth-order valence-corrected chi connectivity index (χ4v) is 3.51. The van der Waals surface area contributed by atoms with Gasteiger partial charge >= 0.3 is 11.9 Å². The molecule has 5 nitrogen and oxygen atoms in total. The molecule has 2 aliphatic rings. The smallest absolute Gasteiger partial charge is 0.336 e. The number of rotatable bonds is 3. The van der Waals surface area contributed by atoms with Crippen LogP contribution in [0.5, 0.6) is 0 Å². The van der Waals surface area contributed by atoms with E-state index in [9.17, 15) is 14.7 Å². The highest BCUT2D eigenvalue weighted by atomic mass is 16.5. The second-order valence-corrected chi connectivity index (χ2v) is 5.74. The molecule has 1 aromatic rings. The predicted octanol–water partition coefficient (Wildman–Crippen LogP) is 2.71. The van der Waals surface area contributed by atoms with Crippen molar-refractivity contribution in [2.75, 3.05) is 11.9 Å². The lowest BCUT2D eigenvalue weighted by molar-refractivity contribution is -0.145. The molecule has 116 valence electrons. The average Bonchev–Trinajstić information content (AvgIpc) is 2.96. The number of carboxylic acids is 1. The molecule has 3 atom stereocenters. The summed E-state index contributed by atoms with van der Waals surface area (Å²) in [5, 5.41) is 12.5. The van der Waals surface area contributed by atoms with Crippen molar-refractivity contribution in [3.63, 3.8) is 0 Å². The van der Waals surface area contributed by atoms with Gasteiger partial charge in [0.15, 0.2) is 0 Å². The van der Waals surface area contributed by atoms with Gasteiger partial charge in [-0.25, -0.2) is 9.59 Å². The summed E-state index contributed by atoms with van der Waals surface area (Å²) in [7, 11) is 0. The SMILES string of the molecule is CCOC(=O)C1Nc2c(ccc(C(=O)O)c2C)C2C=CCC12. The number of ether oxygens (including phenoxy) is 1. The van der Waals surface area contributed by atoms with Gasteiger partial charge in [-0.05, 0) is 37.5 Å². The first kappa shape index (κ1) is 14.6. The van der Waals surface area contributed by atoms with Crippen LogP contribution in [-0.2, 0) is 9.53 Å². The van der Waals surface area contributed by atoms with Crippen molar-refractivity contribution < 1.29 is 19.4 Å². The van der Waals surface area contributed by atoms with Gasteiger partial charge in [-0.15, -0.1) is 0 Å². The molecule has 2 N–H and O–H groups in total. The molecule has 22 heavy (non-hydrogen) atoms. The summed E-state index contributed by atoms with van der Waals surface area (Å²) in [6.45, 7) is 3.90. The van der Waals surface area contributed by atoms with Crippen LogP contribution in [0.4, 0.5) is 5.69 Å². The Bertz CT molecular complexity index is 665. The monoisotopic (exact) mass is 301 g/mol. The van der Waals surface area contributed by atoms with E-state index in [1.54, 1.807) is 19.9 Å². The quantitative estimate of drug-likeness (QED) is 0.663. The summed E-state index contributed by atoms with van der Waals surface area (Å²) in [6.07, 6.45) is 5.01. The molecule has 0 bridgehead atoms. The molecule has 1 heterocycles. The Hall–Kier alpha value is -2.30. The number of hydrogen-bond acceptors (Lipinski definition) is 4. The third kappa shape index (κ3) is 2.17. The first-order valence-electron chi connectivity index (χ1n) is 7.51. The van der Waals surface area contributed by atoms with Crippen molar-refractivity contribution in [2.24, 2.45) is 5.92 Å². The number of anilines is 1. The molecule has 1 aliphatic carbocycles. The molecule has 3 rings (SSSR count). The zero-order chi connectivity index (χ0) is 15.9. The van der Waals surface area contributed by atoms with Gasteiger partial charge in [-0.2, -0.15) is 0 Å². The van der Waals surface area contributed by atoms with E-state index in [1.807, 2.05) is 6.07 Å². The van der Waals surface area contributed by atoms with Crippen molar-refractivity contribution in [1.82, 2.24) is 0 Å². The van der Waals surface area contributed by atoms with Gasteiger partial charge in [0.2, 0.25) is 0 Å². The Morgan fingerprint density at radius 2 is 2.18 bits per heavy atom. The Morgan fingerprint density at radius 3 is 2.86 bits per heavy atom. The molecule has 0 saturated carbocycles. The van der Waals surface area contributed by atoms with Crippen LogP contribution >= 0.6 is 0 Å². The predicted molar refractivity (Wildman–Crippen MR) is 82.2 cm³/mol. The van der Waals surface area contributed by atoms with Gasteiger partial charge in [-0.3, -0.25) is 0 Å². The first-order valence-corrected chi connectivity index (χ1v) is 7.51. The Kier molecular flexibility index (Phi) is 3.64. The van der Waals surface area contributed by atoms with Crippen LogP contribution in [0, 0.1) is 12.8 Å². The average molecular weight is 301 g/mol. The van der Waals surface area contributed by atoms with Gasteiger partial charge in [0.05, 0.1) is 12.2 Å². The lowest BCUT2D eigenvalue weighted by Gasteiger charge is -2.36. The van der Waals surface area contributed by atoms with E-state index >= 15 is 0 Å². The Balaban J connectivity index is 2.06. The van der Waals surface area contributed by atoms with E-state index in [0.717, 1.165) is 17.7 Å². The van der Waals surface area contributed by atoms with Crippen molar-refractivity contribution in [2.45, 2.75) is 32.2 Å². The maximum atomic E-state index is 12.3. The fraction of sp³-hybridized carbons (Fsp3) is 0.412. The van der Waals surface area contributed by atoms with Gasteiger partial charge in [0.25, 0.3) is 0 Å². The van der Waals surface area contributed by atoms with Crippen LogP contribution in [0.25, 0.3) is 0 Å². The molecular weight excluding hydrogens is 282 g/mol. The Labute approximate surface area is 129 Å². The van der Waals surface area contributed by atoms with Crippen LogP contribution in [-0.4, -0.2) is 29.7 Å². The number of carbonyl (C=O) groups excluding carboxylic acids is 1. The first-order chi connectivity index (χ1) is 10.5. The minimum absolute atomic E-state index is 0.127. The number of carbonyl (C=O) groups is 2. The van der Waals surface area contributed by atoms with Crippen molar-refractivity contribution >= 4 is 17.6 Å². The zero-order valence-corrected chi connectivity index (χ0v) is 12.6. The van der Waals surface area contributed by atoms with E-state index in [1.165, 1.54) is 0 Å². The van der Waals surface area contributed by atoms with Gasteiger partial charge in [-0.1, -0.05) is 18.2 Å². The zero-order valence-electron chi connectivity index (χ0n) is 12.6. The summed E-state index contributed by atoms with van der Waals surface area (Å²) < 4.78 is 5.18. The number of esters is 1. The van der Waals surface area contributed by atoms with Crippen LogP contribution in [0.15, 0.2) is 24.3 Å². The van der Waals surface area contributed by atoms with Crippen molar-refractivity contribution in [3.8, 4) is 0 Å². The second-order valence-electron chi connectivity index (χ2n) is 5.74. The molecule has 0 amide bonds. The number of hydrogen-bond donors (Lipinski definition) is 2. The minimum Gasteiger partial charge on any atom is -0.478 e. The highest BCUT2D eigenvalue weighted by Crippen LogP contribution is 2.46. The summed E-state index contributed by atoms with van der Waals surface area (Å²) in [5.41, 5.74) is 2.74. The van der Waals surface area contributed by atoms with E-state index < -0.39 is 12.0 Å². The standard InChI is InChI=1S/C17H19NO4/c1-3-22-17(21)15-12-6-4-5-11(12)13-8-7-10(16(19)20)9(2)14(13)18-15/h4-5,7-8,11-12,15,18H,3,6H2,1-2H3,(H,19,20). The van der Waals surface area contributed by atoms with Gasteiger partial charge in [0.1, 0.15) is 6.04 Å². The van der Waals surface area contributed by atoms with E-state index in [4.69, 9.17) is 4.74 Å². The molecule has 0 radical (unpaired) electrons. The molecule has 0 spiro atoms. The number of aromatic carboxylic acids is 1. The summed E-state index contributed by atoms with van der Waals surface area (Å²) in [4.78, 5) is 23.6. The summed E-state index contributed by atoms with van der Waals surface area (Å²) in [6, 6.07) is 3.06. The van der Waals surface area contributed by atoms with E-state index in [2.05, 4.69) is 17.5 Å². The molecule has 3 unspecified atom stereocenters. The second kappa shape index (κ2) is 5.48. The molecule has 0 aromatic heterocycles. The lowest BCUT2D eigenvalue weighted by Crippen LogP contribution is -2.43. The molecule has 1 aromatic carbocycles. The lowest BCUT2D eigenvalue weighted by atomic mass is 9.78. The summed E-state index contributed by atoms with van der Waals surface area (Å²) >= 11 is 0. The number of allylic oxidation sites excluding steroid dienone is 2. The van der Waals surface area contributed by atoms with E-state index in [-0.39, 0.29) is 23.4 Å². The van der Waals surface area contributed by atoms with Gasteiger partial charge < -0.3 is 15.2 Å². The normalized spacial score (nSPS) is 25.1. The highest BCUT2D eigenvalue weighted by Gasteiger charge is 2.42. The molecule has 0 fully saturated rings. The summed E-state index contributed by atoms with van der Waals surface area (Å²) in [5.74, 6) is -0.973. The molecule has 0 saturated heterocycles. The number of carboxylic acid groups (broad SMARTS) is 1. The number of benzene rings is 1. The van der Waals surface area contributed by atoms with Gasteiger partial charge in [0, 0.05) is 17.5 Å². The van der Waals surface area contributed by atoms with E-state index in [0.29, 0.717) is 12.2 Å². The maximum Gasteiger partial charge on any atom is 0.336 e. The third-order valence-electron chi connectivity index (χ3n) is 4.57. The fourth-order valence-electron chi connectivity index (χ4n) is 3.51. The Morgan fingerprint density at radius 1 is 1.41 bits per heavy atom. The van der Waals surface area contributed by atoms with Crippen LogP contribution < -0.4 is 5.32 Å². The minimum atomic E-state index is -0.959. The van der Waals surface area contributed by atoms with Crippen LogP contribution in [0.3, 0.4) is 0 Å². The van der Waals surface area contributed by atoms with Crippen LogP contribution in [0.1, 0.15) is 40.7 Å².